The second-order valence-electron chi connectivity index (χ2n) is 6.09. The topological polar surface area (TPSA) is 30.7 Å². The fraction of sp³-hybridized carbons (Fsp3) is 0.100. The molecule has 7 heteroatoms. The maximum Gasteiger partial charge on any atom is 0.186 e. The molecule has 0 bridgehead atoms. The Morgan fingerprint density at radius 1 is 1.11 bits per heavy atom. The van der Waals surface area contributed by atoms with Crippen LogP contribution >= 0.6 is 22.9 Å². The fourth-order valence-corrected chi connectivity index (χ4v) is 4.04. The summed E-state index contributed by atoms with van der Waals surface area (Å²) in [6, 6.07) is 13.0. The third-order valence-electron chi connectivity index (χ3n) is 4.13. The lowest BCUT2D eigenvalue weighted by Gasteiger charge is -2.00. The van der Waals surface area contributed by atoms with Gasteiger partial charge in [0.25, 0.3) is 0 Å². The quantitative estimate of drug-likeness (QED) is 0.437. The van der Waals surface area contributed by atoms with E-state index in [0.717, 1.165) is 16.0 Å². The molecule has 0 amide bonds. The van der Waals surface area contributed by atoms with E-state index in [1.165, 1.54) is 18.2 Å². The third-order valence-corrected chi connectivity index (χ3v) is 5.38. The molecule has 0 N–H and O–H groups in total. The molecule has 136 valence electrons. The maximum atomic E-state index is 14.2. The van der Waals surface area contributed by atoms with Gasteiger partial charge in [-0.25, -0.2) is 18.4 Å². The predicted molar refractivity (Wildman–Crippen MR) is 104 cm³/mol. The second kappa shape index (κ2) is 7.21. The summed E-state index contributed by atoms with van der Waals surface area (Å²) < 4.78 is 29.1. The maximum absolute atomic E-state index is 14.2. The summed E-state index contributed by atoms with van der Waals surface area (Å²) in [5.74, 6) is 0.153. The largest absolute Gasteiger partial charge is 0.248 e. The molecule has 0 spiro atoms. The van der Waals surface area contributed by atoms with E-state index in [2.05, 4.69) is 10.1 Å². The summed E-state index contributed by atoms with van der Waals surface area (Å²) in [4.78, 5) is 5.55. The van der Waals surface area contributed by atoms with Crippen molar-refractivity contribution in [3.8, 4) is 22.8 Å². The van der Waals surface area contributed by atoms with Crippen LogP contribution in [0.5, 0.6) is 0 Å². The number of halogens is 3. The molecule has 3 nitrogen and oxygen atoms in total. The molecule has 0 aliphatic carbocycles. The molecule has 0 aliphatic rings. The van der Waals surface area contributed by atoms with Gasteiger partial charge >= 0.3 is 0 Å². The summed E-state index contributed by atoms with van der Waals surface area (Å²) in [5.41, 5.74) is 1.97. The van der Waals surface area contributed by atoms with Gasteiger partial charge in [-0.15, -0.1) is 11.3 Å². The van der Waals surface area contributed by atoms with Crippen molar-refractivity contribution in [1.29, 1.82) is 0 Å². The van der Waals surface area contributed by atoms with E-state index < -0.39 is 5.82 Å². The van der Waals surface area contributed by atoms with Gasteiger partial charge in [-0.3, -0.25) is 0 Å². The SMILES string of the molecule is Cn1nc(-c2c(F)cccc2Cl)nc1-c1csc(Cc2cccc(F)c2)c1. The Balaban J connectivity index is 1.65. The molecule has 2 aromatic carbocycles. The summed E-state index contributed by atoms with van der Waals surface area (Å²) in [6.45, 7) is 0. The van der Waals surface area contributed by atoms with Crippen LogP contribution in [-0.4, -0.2) is 14.8 Å². The lowest BCUT2D eigenvalue weighted by Crippen LogP contribution is -1.94. The number of benzene rings is 2. The molecule has 2 heterocycles. The first-order valence-corrected chi connectivity index (χ1v) is 9.44. The zero-order chi connectivity index (χ0) is 19.0. The molecular weight excluding hydrogens is 388 g/mol. The van der Waals surface area contributed by atoms with Gasteiger partial charge in [0.05, 0.1) is 10.6 Å². The first-order chi connectivity index (χ1) is 13.0. The summed E-state index contributed by atoms with van der Waals surface area (Å²) in [7, 11) is 1.75. The number of hydrogen-bond donors (Lipinski definition) is 0. The lowest BCUT2D eigenvalue weighted by molar-refractivity contribution is 0.626. The first-order valence-electron chi connectivity index (χ1n) is 8.19. The minimum absolute atomic E-state index is 0.191. The van der Waals surface area contributed by atoms with Crippen LogP contribution in [0.1, 0.15) is 10.4 Å². The summed E-state index contributed by atoms with van der Waals surface area (Å²) in [5, 5.41) is 6.55. The molecule has 0 fully saturated rings. The van der Waals surface area contributed by atoms with Gasteiger partial charge in [-0.2, -0.15) is 5.10 Å². The predicted octanol–water partition coefficient (Wildman–Crippen LogP) is 5.73. The van der Waals surface area contributed by atoms with E-state index in [1.54, 1.807) is 41.3 Å². The Hall–Kier alpha value is -2.57. The molecule has 0 unspecified atom stereocenters. The fourth-order valence-electron chi connectivity index (χ4n) is 2.89. The van der Waals surface area contributed by atoms with Gasteiger partial charge in [0.15, 0.2) is 11.6 Å². The first kappa shape index (κ1) is 17.8. The second-order valence-corrected chi connectivity index (χ2v) is 7.49. The molecule has 0 aliphatic heterocycles. The van der Waals surface area contributed by atoms with Crippen LogP contribution < -0.4 is 0 Å². The Morgan fingerprint density at radius 3 is 2.70 bits per heavy atom. The van der Waals surface area contributed by atoms with E-state index >= 15 is 0 Å². The minimum atomic E-state index is -0.461. The number of aryl methyl sites for hydroxylation is 1. The van der Waals surface area contributed by atoms with E-state index in [-0.39, 0.29) is 22.2 Å². The van der Waals surface area contributed by atoms with Crippen molar-refractivity contribution in [3.05, 3.63) is 81.0 Å². The zero-order valence-electron chi connectivity index (χ0n) is 14.3. The number of thiophene rings is 1. The van der Waals surface area contributed by atoms with E-state index in [4.69, 9.17) is 11.6 Å². The zero-order valence-corrected chi connectivity index (χ0v) is 15.9. The van der Waals surface area contributed by atoms with Gasteiger partial charge in [-0.05, 0) is 35.9 Å². The molecule has 0 saturated heterocycles. The molecule has 4 rings (SSSR count). The normalized spacial score (nSPS) is 11.1. The van der Waals surface area contributed by atoms with E-state index in [0.29, 0.717) is 12.2 Å². The highest BCUT2D eigenvalue weighted by Gasteiger charge is 2.18. The van der Waals surface area contributed by atoms with Crippen molar-refractivity contribution < 1.29 is 8.78 Å². The van der Waals surface area contributed by atoms with E-state index in [1.807, 2.05) is 17.5 Å². The summed E-state index contributed by atoms with van der Waals surface area (Å²) in [6.07, 6.45) is 0.631. The Bertz CT molecular complexity index is 1100. The van der Waals surface area contributed by atoms with Crippen LogP contribution in [0.4, 0.5) is 8.78 Å². The lowest BCUT2D eigenvalue weighted by atomic mass is 10.1. The van der Waals surface area contributed by atoms with Crippen molar-refractivity contribution in [2.45, 2.75) is 6.42 Å². The van der Waals surface area contributed by atoms with Crippen molar-refractivity contribution in [1.82, 2.24) is 14.8 Å². The van der Waals surface area contributed by atoms with Crippen LogP contribution in [0.15, 0.2) is 53.9 Å². The summed E-state index contributed by atoms with van der Waals surface area (Å²) >= 11 is 7.68. The molecule has 0 saturated carbocycles. The van der Waals surface area contributed by atoms with Gasteiger partial charge in [0.1, 0.15) is 11.6 Å². The highest BCUT2D eigenvalue weighted by atomic mass is 35.5. The smallest absolute Gasteiger partial charge is 0.186 e. The average molecular weight is 402 g/mol. The van der Waals surface area contributed by atoms with Gasteiger partial charge in [0.2, 0.25) is 0 Å². The van der Waals surface area contributed by atoms with Gasteiger partial charge in [-0.1, -0.05) is 29.8 Å². The van der Waals surface area contributed by atoms with Crippen LogP contribution in [0.25, 0.3) is 22.8 Å². The third kappa shape index (κ3) is 3.63. The van der Waals surface area contributed by atoms with Crippen molar-refractivity contribution in [2.24, 2.45) is 7.05 Å². The van der Waals surface area contributed by atoms with Crippen LogP contribution in [0.2, 0.25) is 5.02 Å². The Morgan fingerprint density at radius 2 is 1.93 bits per heavy atom. The van der Waals surface area contributed by atoms with E-state index in [9.17, 15) is 8.78 Å². The van der Waals surface area contributed by atoms with Crippen molar-refractivity contribution >= 4 is 22.9 Å². The van der Waals surface area contributed by atoms with Crippen LogP contribution in [-0.2, 0) is 13.5 Å². The highest BCUT2D eigenvalue weighted by molar-refractivity contribution is 7.10. The number of nitrogens with zero attached hydrogens (tertiary/aromatic N) is 3. The van der Waals surface area contributed by atoms with Crippen LogP contribution in [0.3, 0.4) is 0 Å². The number of rotatable bonds is 4. The molecular formula is C20H14ClF2N3S. The van der Waals surface area contributed by atoms with Crippen molar-refractivity contribution in [2.75, 3.05) is 0 Å². The monoisotopic (exact) mass is 401 g/mol. The number of aromatic nitrogens is 3. The van der Waals surface area contributed by atoms with Crippen LogP contribution in [0, 0.1) is 11.6 Å². The highest BCUT2D eigenvalue weighted by Crippen LogP contribution is 2.31. The Kier molecular flexibility index (Phi) is 4.76. The average Bonchev–Trinajstić information content (AvgIpc) is 3.21. The molecule has 0 atom stereocenters. The molecule has 2 aromatic heterocycles. The van der Waals surface area contributed by atoms with Gasteiger partial charge in [0, 0.05) is 29.3 Å². The molecule has 0 radical (unpaired) electrons. The Labute approximate surface area is 163 Å². The van der Waals surface area contributed by atoms with Crippen molar-refractivity contribution in [3.63, 3.8) is 0 Å². The standard InChI is InChI=1S/C20H14ClF2N3S/c1-26-20(24-19(25-26)18-16(21)6-3-7-17(18)23)13-10-15(27-11-13)9-12-4-2-5-14(22)8-12/h2-8,10-11H,9H2,1H3. The minimum Gasteiger partial charge on any atom is -0.248 e. The van der Waals surface area contributed by atoms with Gasteiger partial charge < -0.3 is 0 Å². The molecule has 4 aromatic rings. The molecule has 27 heavy (non-hydrogen) atoms. The number of hydrogen-bond acceptors (Lipinski definition) is 3.